The highest BCUT2D eigenvalue weighted by atomic mass is 16.5. The smallest absolute Gasteiger partial charge is 0.416 e. The summed E-state index contributed by atoms with van der Waals surface area (Å²) in [6.45, 7) is 6.43. The van der Waals surface area contributed by atoms with Gasteiger partial charge in [0.25, 0.3) is 0 Å². The lowest BCUT2D eigenvalue weighted by atomic mass is 9.87. The summed E-state index contributed by atoms with van der Waals surface area (Å²) in [5.74, 6) is 0.724. The minimum Gasteiger partial charge on any atom is -0.464 e. The van der Waals surface area contributed by atoms with E-state index in [0.717, 1.165) is 14.8 Å². The summed E-state index contributed by atoms with van der Waals surface area (Å²) < 4.78 is 14.0. The zero-order valence-electron chi connectivity index (χ0n) is 22.2. The van der Waals surface area contributed by atoms with Gasteiger partial charge in [0.1, 0.15) is 18.3 Å². The summed E-state index contributed by atoms with van der Waals surface area (Å²) in [5, 5.41) is 14.5. The number of carbonyl (C=O) groups is 2. The van der Waals surface area contributed by atoms with Crippen molar-refractivity contribution in [2.24, 2.45) is 5.73 Å². The number of amides is 1. The predicted molar refractivity (Wildman–Crippen MR) is 146 cm³/mol. The molecule has 0 aliphatic carbocycles. The summed E-state index contributed by atoms with van der Waals surface area (Å²) >= 11 is 0. The number of aromatic nitrogens is 5. The van der Waals surface area contributed by atoms with E-state index >= 15 is 0 Å². The Morgan fingerprint density at radius 1 is 1.05 bits per heavy atom. The second-order valence-corrected chi connectivity index (χ2v) is 10.1. The van der Waals surface area contributed by atoms with Gasteiger partial charge >= 0.3 is 12.1 Å². The van der Waals surface area contributed by atoms with Crippen molar-refractivity contribution in [3.05, 3.63) is 90.3 Å². The van der Waals surface area contributed by atoms with Crippen LogP contribution in [0.4, 0.5) is 9.59 Å². The van der Waals surface area contributed by atoms with Crippen LogP contribution in [0, 0.1) is 6.20 Å². The zero-order chi connectivity index (χ0) is 28.4. The number of primary amides is 1. The molecule has 1 radical (unpaired) electrons. The van der Waals surface area contributed by atoms with Gasteiger partial charge in [-0.3, -0.25) is 4.57 Å². The molecule has 5 aromatic rings. The van der Waals surface area contributed by atoms with Gasteiger partial charge in [-0.15, -0.1) is 0 Å². The Hall–Kier alpha value is -5.03. The maximum absolute atomic E-state index is 12.1. The van der Waals surface area contributed by atoms with Crippen LogP contribution in [0.2, 0.25) is 0 Å². The first-order chi connectivity index (χ1) is 19.1. The molecule has 0 fully saturated rings. The second kappa shape index (κ2) is 10.6. The lowest BCUT2D eigenvalue weighted by Gasteiger charge is -2.21. The first-order valence-electron chi connectivity index (χ1n) is 12.4. The highest BCUT2D eigenvalue weighted by Crippen LogP contribution is 2.39. The number of hydrogen-bond acceptors (Lipinski definition) is 7. The highest BCUT2D eigenvalue weighted by molar-refractivity contribution is 6.01. The van der Waals surface area contributed by atoms with E-state index in [1.54, 1.807) is 24.3 Å². The fraction of sp³-hybridized carbons (Fsp3) is 0.207. The van der Waals surface area contributed by atoms with Crippen molar-refractivity contribution in [1.82, 2.24) is 24.3 Å². The van der Waals surface area contributed by atoms with E-state index in [4.69, 9.17) is 15.2 Å². The largest absolute Gasteiger partial charge is 0.464 e. The molecule has 0 spiro atoms. The van der Waals surface area contributed by atoms with Gasteiger partial charge in [0, 0.05) is 34.2 Å². The quantitative estimate of drug-likeness (QED) is 0.281. The Morgan fingerprint density at radius 2 is 1.82 bits per heavy atom. The van der Waals surface area contributed by atoms with E-state index in [0.29, 0.717) is 51.7 Å². The van der Waals surface area contributed by atoms with Crippen LogP contribution in [0.3, 0.4) is 0 Å². The van der Waals surface area contributed by atoms with Crippen molar-refractivity contribution in [1.29, 1.82) is 0 Å². The van der Waals surface area contributed by atoms with Crippen LogP contribution in [0.25, 0.3) is 22.0 Å². The van der Waals surface area contributed by atoms with Gasteiger partial charge < -0.3 is 20.3 Å². The minimum atomic E-state index is -1.17. The van der Waals surface area contributed by atoms with Gasteiger partial charge in [-0.25, -0.2) is 19.6 Å². The number of benzene rings is 2. The maximum Gasteiger partial charge on any atom is 0.416 e. The number of hydrogen-bond donors (Lipinski definition) is 2. The minimum absolute atomic E-state index is 0.272. The number of nitrogens with zero attached hydrogens (tertiary/aromatic N) is 5. The van der Waals surface area contributed by atoms with Crippen molar-refractivity contribution in [3.63, 3.8) is 0 Å². The van der Waals surface area contributed by atoms with Crippen LogP contribution >= 0.6 is 0 Å². The summed E-state index contributed by atoms with van der Waals surface area (Å²) in [7, 11) is 0. The third kappa shape index (κ3) is 5.40. The van der Waals surface area contributed by atoms with Crippen LogP contribution in [0.1, 0.15) is 37.7 Å². The molecule has 2 aromatic carbocycles. The number of ether oxygens (including phenoxy) is 2. The van der Waals surface area contributed by atoms with Crippen LogP contribution in [0.5, 0.6) is 11.6 Å². The summed E-state index contributed by atoms with van der Waals surface area (Å²) in [6.07, 6.45) is 4.56. The van der Waals surface area contributed by atoms with Crippen LogP contribution in [0.15, 0.2) is 67.1 Å². The average molecular weight is 540 g/mol. The van der Waals surface area contributed by atoms with Crippen LogP contribution in [-0.4, -0.2) is 41.5 Å². The topological polar surface area (TPSA) is 147 Å². The lowest BCUT2D eigenvalue weighted by Crippen LogP contribution is -2.28. The Labute approximate surface area is 229 Å². The monoisotopic (exact) mass is 539 g/mol. The van der Waals surface area contributed by atoms with Gasteiger partial charge in [0.05, 0.1) is 30.1 Å². The Bertz CT molecular complexity index is 1700. The van der Waals surface area contributed by atoms with Crippen molar-refractivity contribution in [3.8, 4) is 22.8 Å². The van der Waals surface area contributed by atoms with E-state index in [9.17, 15) is 14.7 Å². The van der Waals surface area contributed by atoms with E-state index in [2.05, 4.69) is 21.3 Å². The van der Waals surface area contributed by atoms with Crippen molar-refractivity contribution >= 4 is 23.0 Å². The number of nitrogens with two attached hydrogens (primary N) is 1. The second-order valence-electron chi connectivity index (χ2n) is 10.1. The maximum atomic E-state index is 12.1. The Balaban J connectivity index is 1.47. The average Bonchev–Trinajstić information content (AvgIpc) is 3.52. The van der Waals surface area contributed by atoms with Crippen LogP contribution < -0.4 is 10.5 Å². The van der Waals surface area contributed by atoms with Gasteiger partial charge in [0.2, 0.25) is 5.88 Å². The molecule has 0 aliphatic heterocycles. The molecule has 0 atom stereocenters. The molecule has 3 N–H and O–H groups in total. The fourth-order valence-electron chi connectivity index (χ4n) is 4.46. The zero-order valence-corrected chi connectivity index (χ0v) is 22.2. The number of rotatable bonds is 7. The third-order valence-corrected chi connectivity index (χ3v) is 6.16. The number of carboxylic acid groups (broad SMARTS) is 1. The van der Waals surface area contributed by atoms with Crippen LogP contribution in [-0.2, 0) is 23.4 Å². The highest BCUT2D eigenvalue weighted by Gasteiger charge is 2.29. The molecule has 11 nitrogen and oxygen atoms in total. The van der Waals surface area contributed by atoms with Gasteiger partial charge in [-0.1, -0.05) is 51.1 Å². The number of fused-ring (bicyclic) bond motifs is 1. The van der Waals surface area contributed by atoms with E-state index in [1.165, 1.54) is 12.5 Å². The van der Waals surface area contributed by atoms with Crippen molar-refractivity contribution in [2.75, 3.05) is 0 Å². The fourth-order valence-corrected chi connectivity index (χ4v) is 4.46. The Kier molecular flexibility index (Phi) is 7.05. The van der Waals surface area contributed by atoms with Crippen molar-refractivity contribution < 1.29 is 24.2 Å². The molecule has 0 saturated carbocycles. The SMILES string of the molecule is CC(C)(C)c1c(-c2cn(C(=O)O)c3ccc(Oc4cc(COCc5ccccc5)ncn4)cc23)[c]nn1C(N)=O. The van der Waals surface area contributed by atoms with Gasteiger partial charge in [0.15, 0.2) is 0 Å². The van der Waals surface area contributed by atoms with Gasteiger partial charge in [-0.2, -0.15) is 9.78 Å². The molecule has 5 rings (SSSR count). The molecule has 3 heterocycles. The molecule has 0 bridgehead atoms. The summed E-state index contributed by atoms with van der Waals surface area (Å²) in [5.41, 5.74) is 8.60. The molecular formula is C29H27N6O5. The molecule has 1 amide bonds. The standard InChI is InChI=1S/C29H27N6O5/c1-29(2,3)26-22(13-33-35(26)27(30)36)23-14-34(28(37)38)24-10-9-20(12-21(23)24)40-25-11-19(31-17-32-25)16-39-15-18-7-5-4-6-8-18/h4-12,14,17H,15-16H2,1-3H3,(H2,30,36)(H,37,38). The van der Waals surface area contributed by atoms with E-state index < -0.39 is 17.5 Å². The molecule has 203 valence electrons. The normalized spacial score (nSPS) is 11.6. The molecule has 0 aliphatic rings. The van der Waals surface area contributed by atoms with E-state index in [-0.39, 0.29) is 6.61 Å². The molecule has 0 saturated heterocycles. The third-order valence-electron chi connectivity index (χ3n) is 6.16. The van der Waals surface area contributed by atoms with Gasteiger partial charge in [-0.05, 0) is 23.8 Å². The first-order valence-corrected chi connectivity index (χ1v) is 12.4. The number of carbonyl (C=O) groups excluding carboxylic acids is 1. The van der Waals surface area contributed by atoms with E-state index in [1.807, 2.05) is 51.1 Å². The molecule has 11 heteroatoms. The molecule has 40 heavy (non-hydrogen) atoms. The van der Waals surface area contributed by atoms with Crippen molar-refractivity contribution in [2.45, 2.75) is 39.4 Å². The molecular weight excluding hydrogens is 512 g/mol. The summed E-state index contributed by atoms with van der Waals surface area (Å²) in [6, 6.07) is 15.7. The Morgan fingerprint density at radius 3 is 2.52 bits per heavy atom. The first kappa shape index (κ1) is 26.6. The summed E-state index contributed by atoms with van der Waals surface area (Å²) in [4.78, 5) is 32.6. The molecule has 0 unspecified atom stereocenters. The lowest BCUT2D eigenvalue weighted by molar-refractivity contribution is 0.104. The molecule has 3 aromatic heterocycles. The predicted octanol–water partition coefficient (Wildman–Crippen LogP) is 5.35.